The number of sulfonamides is 1. The van der Waals surface area contributed by atoms with E-state index in [1.807, 2.05) is 115 Å². The molecule has 3 atom stereocenters. The van der Waals surface area contributed by atoms with Crippen LogP contribution in [0.1, 0.15) is 98.4 Å². The fraction of sp³-hybridized carbons (Fsp3) is 0.295. The number of nitrogens with one attached hydrogen (secondary N) is 1. The molecule has 0 aliphatic heterocycles. The molecule has 0 aromatic heterocycles. The number of hydrogen-bond acceptors (Lipinski definition) is 33. The number of nitro benzene ring substituents is 2. The van der Waals surface area contributed by atoms with E-state index < -0.39 is 73.8 Å². The molecule has 0 aliphatic carbocycles. The molecule has 0 saturated carbocycles. The molecule has 6 rings (SSSR count). The summed E-state index contributed by atoms with van der Waals surface area (Å²) in [4.78, 5) is 51.5. The standard InChI is InChI=1S/C13H16N2O6S.3C10H10O.C7H7Br.C7H13NO2.C6H4ClNO4S.C5H9NO2.C4H9O.C3H4O.3CH4.Cl2OS.K.S7.S6.S5.S4.S3.S2.H2S/c1-3-5-12(13(16)21-4-2)14-22(19,20)11-8-6-10(7-9-11)15(17)18;3*1-2-8-11-9-10-6-4-3-5-7-10;8-6-7-4-2-1-3-5-7;1-3-5-6(8)7(9)10-4-2;7-13(11,12)6-3-1-5(2-4-6)8(9)10;1-2-3-4(6)5(7)8;1-4(2,3)5;1-2-3-4;;;;1-4(2)3;;1-3-5-7-6-4-2;1-3-5-6-4-2;1-3-5-4-2;1-3-4-2;1-3-2;1-2;/h3,6-9,12,14H,1,4-5H2,2H3;2*3-8H,1,9H2;1,3-7H,8-9H2;1-5H,6H2;3,6H,1,4-5,8H2,2H3;1-4H;2,4H,1,3,6H2,(H,7,8);1-3H3;1,4H,3H2;3*1H4;;;;;;;;;1H2/q;;;;;;;;-1;;;;;;+1;;;;;;;/t12-;;;;;6-;;4-;;;;;;;;;;;;;;/m0....0.0............../s1. The van der Waals surface area contributed by atoms with Crippen LogP contribution in [0.15, 0.2) is 255 Å². The van der Waals surface area contributed by atoms with E-state index in [4.69, 9.17) is 61.9 Å². The molecule has 6 aromatic carbocycles. The summed E-state index contributed by atoms with van der Waals surface area (Å²) >= 11 is 54.7. The van der Waals surface area contributed by atoms with Crippen molar-refractivity contribution in [3.8, 4) is 24.7 Å². The summed E-state index contributed by atoms with van der Waals surface area (Å²) in [6.45, 7) is 27.8. The molecule has 6 aromatic rings. The van der Waals surface area contributed by atoms with Crippen LogP contribution in [0.5, 0.6) is 0 Å². The van der Waals surface area contributed by atoms with Gasteiger partial charge in [0.25, 0.3) is 20.4 Å². The van der Waals surface area contributed by atoms with Gasteiger partial charge in [-0.2, -0.15) is 18.2 Å². The molecular weight excluding hydrogens is 2550 g/mol. The third-order valence-electron chi connectivity index (χ3n) is 10.9. The Labute approximate surface area is 996 Å². The van der Waals surface area contributed by atoms with Crippen LogP contribution >= 0.6 is 61.5 Å². The second-order valence-electron chi connectivity index (χ2n) is 21.5. The Morgan fingerprint density at radius 1 is 0.554 bits per heavy atom. The molecule has 139 heavy (non-hydrogen) atoms. The Hall–Kier alpha value is -1.40. The van der Waals surface area contributed by atoms with Gasteiger partial charge in [0.1, 0.15) is 57.1 Å². The molecule has 25 nitrogen and oxygen atoms in total. The van der Waals surface area contributed by atoms with Crippen molar-refractivity contribution in [1.82, 2.24) is 4.72 Å². The summed E-state index contributed by atoms with van der Waals surface area (Å²) in [6, 6.07) is 46.4. The molecule has 0 heterocycles. The fourth-order valence-electron chi connectivity index (χ4n) is 6.12. The number of non-ortho nitro benzene ring substituents is 2. The number of esters is 2. The number of hydrogen-bond donors (Lipinski definition) is 5. The van der Waals surface area contributed by atoms with Crippen molar-refractivity contribution < 1.29 is 136 Å². The zero-order chi connectivity index (χ0) is 105. The van der Waals surface area contributed by atoms with Gasteiger partial charge in [0.15, 0.2) is 0 Å². The smallest absolute Gasteiger partial charge is 0.850 e. The molecule has 0 fully saturated rings. The third-order valence-corrected chi connectivity index (χ3v) is 36.6. The molecule has 0 aliphatic rings. The van der Waals surface area contributed by atoms with Gasteiger partial charge in [-0.05, 0) is 79.6 Å². The SMILES string of the molecule is BrCc1ccccc1.C.C.C.C#CCO.C#CCOCc1ccccc1.C=C=COCc1ccccc1.C=C=COCc1ccccc1.C=CC[C@H](N)C(=O)O.C=CC[C@H](N)C(=O)OCC.C=CC[C@H](NS(=O)(=O)c1ccc([N+](=O)[O-])cc1)C(=O)OCC.CC(C)(C)[O-].O=S(Cl)Cl.O=[N+]([O-])c1ccc(S(=O)(=O)Cl)cc1.S.S=S.S=S=S.S=S=S=S.S=S=S=S=S.S=S=S=S=S=S.S=S=S=S=S=S=S.[K+]. The first-order valence-corrected chi connectivity index (χ1v) is 70.2. The summed E-state index contributed by atoms with van der Waals surface area (Å²) < 4.78 is 81.8. The second-order valence-corrected chi connectivity index (χ2v) is 55.4. The summed E-state index contributed by atoms with van der Waals surface area (Å²) in [5.41, 5.74) is 19.1. The summed E-state index contributed by atoms with van der Waals surface area (Å²) in [5.74, 6) is 2.35. The number of carbonyl (C=O) groups is 3. The molecule has 7 N–H and O–H groups in total. The Kier molecular flexibility index (Phi) is 168. The molecular formula is C78H106BrCl3KN5O20S31. The predicted molar refractivity (Wildman–Crippen MR) is 653 cm³/mol. The summed E-state index contributed by atoms with van der Waals surface area (Å²) in [6.07, 6.45) is 17.8. The van der Waals surface area contributed by atoms with E-state index in [0.29, 0.717) is 45.9 Å². The number of terminal acetylenes is 2. The zero-order valence-electron chi connectivity index (χ0n) is 72.3. The van der Waals surface area contributed by atoms with Crippen LogP contribution in [0, 0.1) is 44.9 Å². The zero-order valence-corrected chi connectivity index (χ0v) is 105. The number of benzene rings is 6. The maximum atomic E-state index is 12.2. The van der Waals surface area contributed by atoms with Crippen molar-refractivity contribution in [2.45, 2.75) is 135 Å². The largest absolute Gasteiger partial charge is 1.00 e. The first-order chi connectivity index (χ1) is 63.6. The number of aliphatic hydroxyl groups is 1. The maximum Gasteiger partial charge on any atom is 1.00 e. The third kappa shape index (κ3) is 145. The molecule has 0 unspecified atom stereocenters. The number of carboxylic acids is 1. The van der Waals surface area contributed by atoms with Crippen molar-refractivity contribution in [3.63, 3.8) is 0 Å². The number of nitrogens with two attached hydrogens (primary N) is 2. The number of halogens is 4. The van der Waals surface area contributed by atoms with E-state index in [2.05, 4.69) is 250 Å². The number of alkyl halides is 1. The average Bonchev–Trinajstić information content (AvgIpc) is 0.824. The number of aliphatic hydroxyl groups excluding tert-OH is 1. The average molecular weight is 2650 g/mol. The predicted octanol–water partition coefficient (Wildman–Crippen LogP) is 12.5. The second kappa shape index (κ2) is 135. The van der Waals surface area contributed by atoms with Crippen molar-refractivity contribution in [3.05, 3.63) is 287 Å². The number of ether oxygens (including phenoxy) is 5. The Bertz CT molecular complexity index is 5290. The van der Waals surface area contributed by atoms with Crippen LogP contribution in [-0.2, 0) is 359 Å². The maximum absolute atomic E-state index is 12.2. The number of rotatable bonds is 27. The van der Waals surface area contributed by atoms with E-state index in [0.717, 1.165) is 79.4 Å². The van der Waals surface area contributed by atoms with Gasteiger partial charge < -0.3 is 50.5 Å². The molecule has 0 spiro atoms. The van der Waals surface area contributed by atoms with Crippen molar-refractivity contribution in [2.75, 3.05) is 26.4 Å². The van der Waals surface area contributed by atoms with E-state index in [-0.39, 0.29) is 134 Å². The van der Waals surface area contributed by atoms with Gasteiger partial charge in [-0.1, -0.05) is 235 Å². The normalized spacial score (nSPS) is 9.04. The van der Waals surface area contributed by atoms with Gasteiger partial charge in [-0.25, -0.2) is 21.0 Å². The molecule has 0 bridgehead atoms. The first-order valence-electron chi connectivity index (χ1n) is 34.5. The minimum absolute atomic E-state index is 0. The molecule has 778 valence electrons. The number of nitro groups is 2. The fourth-order valence-corrected chi connectivity index (χ4v) is 24.9. The quantitative estimate of drug-likeness (QED) is 0.00273. The van der Waals surface area contributed by atoms with E-state index in [9.17, 15) is 56.6 Å². The Morgan fingerprint density at radius 2 is 0.842 bits per heavy atom. The van der Waals surface area contributed by atoms with E-state index in [1.165, 1.54) is 128 Å². The number of carbonyl (C=O) groups excluding carboxylic acids is 2. The van der Waals surface area contributed by atoms with E-state index in [1.54, 1.807) is 67.3 Å². The Morgan fingerprint density at radius 3 is 1.07 bits per heavy atom. The van der Waals surface area contributed by atoms with Gasteiger partial charge in [0.05, 0.1) is 39.5 Å². The van der Waals surface area contributed by atoms with Gasteiger partial charge in [-0.15, -0.1) is 38.2 Å². The van der Waals surface area contributed by atoms with Gasteiger partial charge >= 0.3 is 69.3 Å². The van der Waals surface area contributed by atoms with Crippen LogP contribution in [0.2, 0.25) is 0 Å². The number of nitrogens with zero attached hydrogens (tertiary/aromatic N) is 2. The molecule has 61 heteroatoms. The minimum Gasteiger partial charge on any atom is -0.850 e. The topological polar surface area (TPSA) is 397 Å². The molecule has 0 saturated heterocycles. The van der Waals surface area contributed by atoms with E-state index >= 15 is 0 Å². The minimum atomic E-state index is -4.01. The first kappa shape index (κ1) is 174. The van der Waals surface area contributed by atoms with Crippen LogP contribution in [0.4, 0.5) is 11.4 Å². The Balaban J connectivity index is -0.0000000848. The number of carboxylic acid groups (broad SMARTS) is 1. The van der Waals surface area contributed by atoms with Gasteiger partial charge in [0.2, 0.25) is 19.2 Å². The summed E-state index contributed by atoms with van der Waals surface area (Å²) in [5, 5.41) is 47.6. The van der Waals surface area contributed by atoms with Crippen molar-refractivity contribution in [1.29, 1.82) is 0 Å². The van der Waals surface area contributed by atoms with Gasteiger partial charge in [-0.3, -0.25) is 34.6 Å². The van der Waals surface area contributed by atoms with Crippen LogP contribution < -0.4 is 72.7 Å². The summed E-state index contributed by atoms with van der Waals surface area (Å²) in [7, 11) is 24.8. The van der Waals surface area contributed by atoms with Crippen LogP contribution in [-0.4, -0.2) is 109 Å². The molecule has 0 radical (unpaired) electrons. The molecule has 0 amide bonds. The van der Waals surface area contributed by atoms with Gasteiger partial charge in [0, 0.05) is 329 Å². The van der Waals surface area contributed by atoms with Crippen molar-refractivity contribution >= 4 is 387 Å². The van der Waals surface area contributed by atoms with Crippen LogP contribution in [0.3, 0.4) is 0 Å². The number of aliphatic carboxylic acids is 1. The van der Waals surface area contributed by atoms with Crippen LogP contribution in [0.25, 0.3) is 0 Å². The van der Waals surface area contributed by atoms with Crippen molar-refractivity contribution in [2.24, 2.45) is 11.5 Å². The monoisotopic (exact) mass is 2650 g/mol.